The Morgan fingerprint density at radius 3 is 2.57 bits per heavy atom. The van der Waals surface area contributed by atoms with Crippen LogP contribution in [0.15, 0.2) is 48.5 Å². The highest BCUT2D eigenvalue weighted by atomic mass is 35.5. The van der Waals surface area contributed by atoms with E-state index in [2.05, 4.69) is 0 Å². The van der Waals surface area contributed by atoms with E-state index >= 15 is 0 Å². The highest BCUT2D eigenvalue weighted by Crippen LogP contribution is 2.34. The quantitative estimate of drug-likeness (QED) is 0.794. The average molecular weight is 332 g/mol. The zero-order chi connectivity index (χ0) is 16.4. The van der Waals surface area contributed by atoms with Gasteiger partial charge in [0.05, 0.1) is 19.3 Å². The van der Waals surface area contributed by atoms with E-state index in [-0.39, 0.29) is 12.5 Å². The van der Waals surface area contributed by atoms with Gasteiger partial charge in [0.1, 0.15) is 5.75 Å². The molecule has 0 N–H and O–H groups in total. The number of hydrogen-bond acceptors (Lipinski definition) is 4. The Balaban J connectivity index is 1.97. The third kappa shape index (κ3) is 3.00. The first-order chi connectivity index (χ1) is 11.1. The maximum atomic E-state index is 12.8. The number of rotatable bonds is 2. The second-order valence-corrected chi connectivity index (χ2v) is 5.46. The Kier molecular flexibility index (Phi) is 4.21. The van der Waals surface area contributed by atoms with E-state index in [0.29, 0.717) is 22.0 Å². The first-order valence-corrected chi connectivity index (χ1v) is 7.39. The molecular formula is C17H14ClNO4. The van der Waals surface area contributed by atoms with Crippen LogP contribution in [0.5, 0.6) is 5.75 Å². The highest BCUT2D eigenvalue weighted by molar-refractivity contribution is 6.30. The third-order valence-corrected chi connectivity index (χ3v) is 3.83. The maximum absolute atomic E-state index is 12.8. The summed E-state index contributed by atoms with van der Waals surface area (Å²) in [7, 11) is 1.29. The lowest BCUT2D eigenvalue weighted by atomic mass is 10.1. The summed E-state index contributed by atoms with van der Waals surface area (Å²) in [5.41, 5.74) is 1.10. The molecule has 6 heteroatoms. The van der Waals surface area contributed by atoms with E-state index in [4.69, 9.17) is 21.1 Å². The zero-order valence-electron chi connectivity index (χ0n) is 12.4. The molecule has 1 atom stereocenters. The van der Waals surface area contributed by atoms with Crippen LogP contribution < -0.4 is 9.64 Å². The van der Waals surface area contributed by atoms with Crippen LogP contribution in [0.1, 0.15) is 10.4 Å². The number of carbonyl (C=O) groups excluding carboxylic acids is 2. The van der Waals surface area contributed by atoms with Crippen LogP contribution in [0.3, 0.4) is 0 Å². The molecule has 5 nitrogen and oxygen atoms in total. The summed E-state index contributed by atoms with van der Waals surface area (Å²) < 4.78 is 10.4. The molecule has 0 saturated heterocycles. The molecule has 1 heterocycles. The van der Waals surface area contributed by atoms with E-state index in [1.807, 2.05) is 6.07 Å². The SMILES string of the molecule is COC(=O)[C@@H]1CN(C(=O)c2ccc(Cl)cc2)c2ccccc2O1. The molecule has 1 aliphatic heterocycles. The van der Waals surface area contributed by atoms with Crippen molar-refractivity contribution in [3.63, 3.8) is 0 Å². The molecule has 3 rings (SSSR count). The number of amides is 1. The Bertz CT molecular complexity index is 745. The van der Waals surface area contributed by atoms with Crippen molar-refractivity contribution < 1.29 is 19.1 Å². The molecule has 0 aliphatic carbocycles. The van der Waals surface area contributed by atoms with Crippen molar-refractivity contribution >= 4 is 29.2 Å². The van der Waals surface area contributed by atoms with Gasteiger partial charge in [-0.2, -0.15) is 0 Å². The van der Waals surface area contributed by atoms with Gasteiger partial charge in [0.15, 0.2) is 0 Å². The van der Waals surface area contributed by atoms with Gasteiger partial charge in [-0.15, -0.1) is 0 Å². The second-order valence-electron chi connectivity index (χ2n) is 5.02. The monoisotopic (exact) mass is 331 g/mol. The smallest absolute Gasteiger partial charge is 0.348 e. The largest absolute Gasteiger partial charge is 0.475 e. The van der Waals surface area contributed by atoms with E-state index in [0.717, 1.165) is 0 Å². The standard InChI is InChI=1S/C17H14ClNO4/c1-22-17(21)15-10-19(13-4-2-3-5-14(13)23-15)16(20)11-6-8-12(18)9-7-11/h2-9,15H,10H2,1H3/t15-/m0/s1. The van der Waals surface area contributed by atoms with Gasteiger partial charge in [-0.25, -0.2) is 4.79 Å². The van der Waals surface area contributed by atoms with Gasteiger partial charge in [-0.3, -0.25) is 4.79 Å². The van der Waals surface area contributed by atoms with Crippen LogP contribution in [0.25, 0.3) is 0 Å². The Morgan fingerprint density at radius 1 is 1.17 bits per heavy atom. The summed E-state index contributed by atoms with van der Waals surface area (Å²) in [6.45, 7) is 0.0884. The van der Waals surface area contributed by atoms with Gasteiger partial charge in [0.25, 0.3) is 5.91 Å². The molecule has 1 aliphatic rings. The normalized spacial score (nSPS) is 16.3. The molecule has 0 aromatic heterocycles. The first-order valence-electron chi connectivity index (χ1n) is 7.01. The van der Waals surface area contributed by atoms with Crippen molar-refractivity contribution in [3.8, 4) is 5.75 Å². The van der Waals surface area contributed by atoms with Crippen molar-refractivity contribution in [2.45, 2.75) is 6.10 Å². The molecule has 118 valence electrons. The number of hydrogen-bond donors (Lipinski definition) is 0. The van der Waals surface area contributed by atoms with Crippen LogP contribution in [-0.2, 0) is 9.53 Å². The van der Waals surface area contributed by atoms with Gasteiger partial charge >= 0.3 is 5.97 Å². The molecule has 1 amide bonds. The van der Waals surface area contributed by atoms with E-state index in [1.54, 1.807) is 42.5 Å². The molecule has 0 saturated carbocycles. The van der Waals surface area contributed by atoms with Crippen LogP contribution in [0.4, 0.5) is 5.69 Å². The summed E-state index contributed by atoms with van der Waals surface area (Å²) in [6.07, 6.45) is -0.855. The van der Waals surface area contributed by atoms with Crippen LogP contribution in [0, 0.1) is 0 Å². The first kappa shape index (κ1) is 15.4. The summed E-state index contributed by atoms with van der Waals surface area (Å²) >= 11 is 5.86. The fraction of sp³-hybridized carbons (Fsp3) is 0.176. The lowest BCUT2D eigenvalue weighted by molar-refractivity contribution is -0.148. The van der Waals surface area contributed by atoms with Crippen molar-refractivity contribution in [2.75, 3.05) is 18.6 Å². The lowest BCUT2D eigenvalue weighted by Gasteiger charge is -2.33. The topological polar surface area (TPSA) is 55.8 Å². The zero-order valence-corrected chi connectivity index (χ0v) is 13.1. The molecular weight excluding hydrogens is 318 g/mol. The van der Waals surface area contributed by atoms with E-state index in [9.17, 15) is 9.59 Å². The van der Waals surface area contributed by atoms with Crippen LogP contribution in [-0.4, -0.2) is 31.6 Å². The lowest BCUT2D eigenvalue weighted by Crippen LogP contribution is -2.47. The van der Waals surface area contributed by atoms with Gasteiger partial charge in [-0.05, 0) is 36.4 Å². The van der Waals surface area contributed by atoms with Crippen molar-refractivity contribution in [1.29, 1.82) is 0 Å². The van der Waals surface area contributed by atoms with Crippen molar-refractivity contribution in [3.05, 3.63) is 59.1 Å². The van der Waals surface area contributed by atoms with Crippen molar-refractivity contribution in [2.24, 2.45) is 0 Å². The molecule has 2 aromatic carbocycles. The molecule has 0 spiro atoms. The van der Waals surface area contributed by atoms with E-state index < -0.39 is 12.1 Å². The van der Waals surface area contributed by atoms with Crippen LogP contribution >= 0.6 is 11.6 Å². The second kappa shape index (κ2) is 6.30. The molecule has 0 bridgehead atoms. The number of halogens is 1. The summed E-state index contributed by atoms with van der Waals surface area (Å²) in [6, 6.07) is 13.7. The third-order valence-electron chi connectivity index (χ3n) is 3.57. The highest BCUT2D eigenvalue weighted by Gasteiger charge is 2.34. The predicted octanol–water partition coefficient (Wildman–Crippen LogP) is 2.92. The minimum absolute atomic E-state index is 0.0884. The molecule has 23 heavy (non-hydrogen) atoms. The fourth-order valence-electron chi connectivity index (χ4n) is 2.43. The van der Waals surface area contributed by atoms with Crippen molar-refractivity contribution in [1.82, 2.24) is 0 Å². The van der Waals surface area contributed by atoms with Gasteiger partial charge in [0.2, 0.25) is 6.10 Å². The Hall–Kier alpha value is -2.53. The minimum atomic E-state index is -0.855. The van der Waals surface area contributed by atoms with Gasteiger partial charge in [-0.1, -0.05) is 23.7 Å². The summed E-state index contributed by atoms with van der Waals surface area (Å²) in [5.74, 6) is -0.281. The molecule has 2 aromatic rings. The predicted molar refractivity (Wildman–Crippen MR) is 86.0 cm³/mol. The molecule has 0 radical (unpaired) electrons. The number of benzene rings is 2. The molecule has 0 fully saturated rings. The van der Waals surface area contributed by atoms with Gasteiger partial charge < -0.3 is 14.4 Å². The molecule has 0 unspecified atom stereocenters. The summed E-state index contributed by atoms with van der Waals surface area (Å²) in [4.78, 5) is 26.1. The number of anilines is 1. The number of nitrogens with zero attached hydrogens (tertiary/aromatic N) is 1. The number of para-hydroxylation sites is 2. The van der Waals surface area contributed by atoms with E-state index in [1.165, 1.54) is 12.0 Å². The maximum Gasteiger partial charge on any atom is 0.348 e. The summed E-state index contributed by atoms with van der Waals surface area (Å²) in [5, 5.41) is 0.552. The number of methoxy groups -OCH3 is 1. The number of ether oxygens (including phenoxy) is 2. The number of fused-ring (bicyclic) bond motifs is 1. The Morgan fingerprint density at radius 2 is 1.87 bits per heavy atom. The minimum Gasteiger partial charge on any atom is -0.475 e. The average Bonchev–Trinajstić information content (AvgIpc) is 2.60. The number of esters is 1. The number of carbonyl (C=O) groups is 2. The van der Waals surface area contributed by atoms with Gasteiger partial charge in [0, 0.05) is 10.6 Å². The van der Waals surface area contributed by atoms with Crippen LogP contribution in [0.2, 0.25) is 5.02 Å². The Labute approximate surface area is 138 Å². The fourth-order valence-corrected chi connectivity index (χ4v) is 2.56.